The molecule has 20 heavy (non-hydrogen) atoms. The van der Waals surface area contributed by atoms with Crippen LogP contribution >= 0.6 is 0 Å². The highest BCUT2D eigenvalue weighted by Crippen LogP contribution is 2.01. The summed E-state index contributed by atoms with van der Waals surface area (Å²) in [6.07, 6.45) is 3.55. The first-order chi connectivity index (χ1) is 9.70. The summed E-state index contributed by atoms with van der Waals surface area (Å²) in [4.78, 5) is 27.6. The van der Waals surface area contributed by atoms with Crippen molar-refractivity contribution in [1.29, 1.82) is 0 Å². The summed E-state index contributed by atoms with van der Waals surface area (Å²) >= 11 is 0. The summed E-state index contributed by atoms with van der Waals surface area (Å²) in [5.41, 5.74) is 1.12. The number of carbonyl (C=O) groups excluding carboxylic acids is 1. The number of ether oxygens (including phenoxy) is 1. The largest absolute Gasteiger partial charge is 0.459 e. The van der Waals surface area contributed by atoms with Crippen molar-refractivity contribution in [2.24, 2.45) is 0 Å². The molecule has 0 aliphatic heterocycles. The lowest BCUT2D eigenvalue weighted by Gasteiger charge is -2.07. The number of nitrogens with zero attached hydrogens (tertiary/aromatic N) is 2. The van der Waals surface area contributed by atoms with Crippen LogP contribution in [0.2, 0.25) is 0 Å². The van der Waals surface area contributed by atoms with E-state index in [1.807, 2.05) is 37.3 Å². The van der Waals surface area contributed by atoms with Gasteiger partial charge in [-0.15, -0.1) is 0 Å². The third-order valence-electron chi connectivity index (χ3n) is 2.86. The van der Waals surface area contributed by atoms with Crippen molar-refractivity contribution >= 4 is 5.97 Å². The SMILES string of the molecule is CCc1nccn(CC(=O)OCc2ccccc2)c1=O. The summed E-state index contributed by atoms with van der Waals surface area (Å²) in [6, 6.07) is 9.41. The smallest absolute Gasteiger partial charge is 0.326 e. The van der Waals surface area contributed by atoms with Gasteiger partial charge in [-0.1, -0.05) is 37.3 Å². The van der Waals surface area contributed by atoms with Crippen molar-refractivity contribution in [3.63, 3.8) is 0 Å². The number of carbonyl (C=O) groups is 1. The average molecular weight is 272 g/mol. The van der Waals surface area contributed by atoms with Crippen LogP contribution in [0.25, 0.3) is 0 Å². The second kappa shape index (κ2) is 6.65. The number of hydrogen-bond acceptors (Lipinski definition) is 4. The van der Waals surface area contributed by atoms with Crippen LogP contribution in [0.1, 0.15) is 18.2 Å². The highest BCUT2D eigenvalue weighted by Gasteiger charge is 2.08. The maximum atomic E-state index is 11.9. The minimum atomic E-state index is -0.441. The van der Waals surface area contributed by atoms with Crippen LogP contribution in [-0.2, 0) is 29.1 Å². The molecule has 0 aliphatic carbocycles. The summed E-state index contributed by atoms with van der Waals surface area (Å²) < 4.78 is 6.46. The number of aryl methyl sites for hydroxylation is 1. The van der Waals surface area contributed by atoms with Crippen molar-refractivity contribution in [3.05, 3.63) is 64.3 Å². The molecule has 104 valence electrons. The topological polar surface area (TPSA) is 61.2 Å². The lowest BCUT2D eigenvalue weighted by Crippen LogP contribution is -2.28. The van der Waals surface area contributed by atoms with E-state index in [2.05, 4.69) is 4.98 Å². The first-order valence-electron chi connectivity index (χ1n) is 6.44. The lowest BCUT2D eigenvalue weighted by atomic mass is 10.2. The standard InChI is InChI=1S/C15H16N2O3/c1-2-13-15(19)17(9-8-16-13)10-14(18)20-11-12-6-4-3-5-7-12/h3-9H,2,10-11H2,1H3. The van der Waals surface area contributed by atoms with Gasteiger partial charge in [0.05, 0.1) is 0 Å². The van der Waals surface area contributed by atoms with E-state index < -0.39 is 5.97 Å². The molecule has 1 heterocycles. The van der Waals surface area contributed by atoms with E-state index in [1.54, 1.807) is 0 Å². The van der Waals surface area contributed by atoms with Gasteiger partial charge in [0.2, 0.25) is 0 Å². The van der Waals surface area contributed by atoms with Crippen molar-refractivity contribution in [2.75, 3.05) is 0 Å². The highest BCUT2D eigenvalue weighted by atomic mass is 16.5. The first-order valence-corrected chi connectivity index (χ1v) is 6.44. The van der Waals surface area contributed by atoms with Crippen LogP contribution in [0.15, 0.2) is 47.5 Å². The quantitative estimate of drug-likeness (QED) is 0.775. The molecular formula is C15H16N2O3. The second-order valence-electron chi connectivity index (χ2n) is 4.31. The van der Waals surface area contributed by atoms with Gasteiger partial charge in [0.15, 0.2) is 0 Å². The van der Waals surface area contributed by atoms with Crippen molar-refractivity contribution < 1.29 is 9.53 Å². The van der Waals surface area contributed by atoms with Gasteiger partial charge < -0.3 is 9.30 Å². The third-order valence-corrected chi connectivity index (χ3v) is 2.86. The van der Waals surface area contributed by atoms with Crippen molar-refractivity contribution in [1.82, 2.24) is 9.55 Å². The zero-order valence-electron chi connectivity index (χ0n) is 11.3. The normalized spacial score (nSPS) is 10.2. The molecule has 0 amide bonds. The van der Waals surface area contributed by atoms with E-state index in [1.165, 1.54) is 17.0 Å². The van der Waals surface area contributed by atoms with Crippen LogP contribution in [0.5, 0.6) is 0 Å². The Hall–Kier alpha value is -2.43. The van der Waals surface area contributed by atoms with Crippen molar-refractivity contribution in [2.45, 2.75) is 26.5 Å². The van der Waals surface area contributed by atoms with E-state index in [9.17, 15) is 9.59 Å². The fraction of sp³-hybridized carbons (Fsp3) is 0.267. The van der Waals surface area contributed by atoms with Crippen molar-refractivity contribution in [3.8, 4) is 0 Å². The van der Waals surface area contributed by atoms with Gasteiger partial charge in [0.1, 0.15) is 18.8 Å². The van der Waals surface area contributed by atoms with E-state index in [4.69, 9.17) is 4.74 Å². The monoisotopic (exact) mass is 272 g/mol. The number of rotatable bonds is 5. The van der Waals surface area contributed by atoms with Crippen LogP contribution in [0.4, 0.5) is 0 Å². The molecule has 2 aromatic rings. The molecule has 1 aromatic heterocycles. The highest BCUT2D eigenvalue weighted by molar-refractivity contribution is 5.69. The number of aromatic nitrogens is 2. The number of hydrogen-bond donors (Lipinski definition) is 0. The van der Waals surface area contributed by atoms with E-state index >= 15 is 0 Å². The van der Waals surface area contributed by atoms with Gasteiger partial charge in [-0.2, -0.15) is 0 Å². The van der Waals surface area contributed by atoms with Gasteiger partial charge in [-0.25, -0.2) is 0 Å². The van der Waals surface area contributed by atoms with Crippen LogP contribution < -0.4 is 5.56 Å². The Bertz CT molecular complexity index is 635. The maximum absolute atomic E-state index is 11.9. The predicted molar refractivity (Wildman–Crippen MR) is 74.1 cm³/mol. The third kappa shape index (κ3) is 3.54. The molecular weight excluding hydrogens is 256 g/mol. The van der Waals surface area contributed by atoms with Crippen LogP contribution in [0.3, 0.4) is 0 Å². The summed E-state index contributed by atoms with van der Waals surface area (Å²) in [6.45, 7) is 1.96. The maximum Gasteiger partial charge on any atom is 0.326 e. The van der Waals surface area contributed by atoms with Gasteiger partial charge in [-0.3, -0.25) is 14.6 Å². The van der Waals surface area contributed by atoms with E-state index in [-0.39, 0.29) is 18.7 Å². The molecule has 0 fully saturated rings. The molecule has 0 bridgehead atoms. The minimum absolute atomic E-state index is 0.0960. The Morgan fingerprint density at radius 3 is 2.75 bits per heavy atom. The number of benzene rings is 1. The fourth-order valence-electron chi connectivity index (χ4n) is 1.78. The van der Waals surface area contributed by atoms with E-state index in [0.29, 0.717) is 12.1 Å². The molecule has 0 unspecified atom stereocenters. The average Bonchev–Trinajstić information content (AvgIpc) is 2.48. The summed E-state index contributed by atoms with van der Waals surface area (Å²) in [7, 11) is 0. The minimum Gasteiger partial charge on any atom is -0.459 e. The predicted octanol–water partition coefficient (Wildman–Crippen LogP) is 1.55. The molecule has 0 radical (unpaired) electrons. The Balaban J connectivity index is 1.97. The summed E-state index contributed by atoms with van der Waals surface area (Å²) in [5, 5.41) is 0. The van der Waals surface area contributed by atoms with Gasteiger partial charge in [-0.05, 0) is 12.0 Å². The molecule has 0 atom stereocenters. The Kier molecular flexibility index (Phi) is 4.65. The number of esters is 1. The molecule has 5 nitrogen and oxygen atoms in total. The lowest BCUT2D eigenvalue weighted by molar-refractivity contribution is -0.145. The second-order valence-corrected chi connectivity index (χ2v) is 4.31. The molecule has 1 aromatic carbocycles. The molecule has 5 heteroatoms. The molecule has 0 saturated heterocycles. The Morgan fingerprint density at radius 1 is 1.30 bits per heavy atom. The zero-order valence-corrected chi connectivity index (χ0v) is 11.3. The van der Waals surface area contributed by atoms with E-state index in [0.717, 1.165) is 5.56 Å². The first kappa shape index (κ1) is 14.0. The van der Waals surface area contributed by atoms with Gasteiger partial charge in [0, 0.05) is 12.4 Å². The Labute approximate surface area is 116 Å². The zero-order chi connectivity index (χ0) is 14.4. The van der Waals surface area contributed by atoms with Gasteiger partial charge >= 0.3 is 5.97 Å². The molecule has 0 saturated carbocycles. The molecule has 2 rings (SSSR count). The van der Waals surface area contributed by atoms with Crippen LogP contribution in [0, 0.1) is 0 Å². The van der Waals surface area contributed by atoms with Crippen LogP contribution in [-0.4, -0.2) is 15.5 Å². The fourth-order valence-corrected chi connectivity index (χ4v) is 1.78. The summed E-state index contributed by atoms with van der Waals surface area (Å²) in [5.74, 6) is -0.441. The Morgan fingerprint density at radius 2 is 2.05 bits per heavy atom. The molecule has 0 aliphatic rings. The van der Waals surface area contributed by atoms with Gasteiger partial charge in [0.25, 0.3) is 5.56 Å². The molecule has 0 spiro atoms. The molecule has 0 N–H and O–H groups in total.